The number of anilines is 1. The third-order valence-electron chi connectivity index (χ3n) is 5.20. The summed E-state index contributed by atoms with van der Waals surface area (Å²) in [5.74, 6) is 1.81. The van der Waals surface area contributed by atoms with Crippen LogP contribution in [0.4, 0.5) is 5.69 Å². The fourth-order valence-corrected chi connectivity index (χ4v) is 3.92. The molecule has 1 aliphatic heterocycles. The predicted octanol–water partition coefficient (Wildman–Crippen LogP) is 7.68. The summed E-state index contributed by atoms with van der Waals surface area (Å²) in [4.78, 5) is 2.17. The van der Waals surface area contributed by atoms with E-state index in [1.807, 2.05) is 26.8 Å². The van der Waals surface area contributed by atoms with Crippen molar-refractivity contribution in [3.8, 4) is 16.9 Å². The molecule has 0 unspecified atom stereocenters. The van der Waals surface area contributed by atoms with Crippen molar-refractivity contribution in [3.05, 3.63) is 71.6 Å². The van der Waals surface area contributed by atoms with Crippen molar-refractivity contribution in [2.24, 2.45) is 0 Å². The SMILES string of the molecule is C=CC1=C(C)Oc2cc3c(cc2N1C)C(C)(C)c1ccccc1-3.CC.CCC. The molecule has 28 heavy (non-hydrogen) atoms. The van der Waals surface area contributed by atoms with Crippen molar-refractivity contribution in [2.45, 2.75) is 60.3 Å². The monoisotopic (exact) mass is 377 g/mol. The number of allylic oxidation sites excluding steroid dienone is 2. The number of rotatable bonds is 1. The van der Waals surface area contributed by atoms with E-state index < -0.39 is 0 Å². The Kier molecular flexibility index (Phi) is 6.77. The van der Waals surface area contributed by atoms with Gasteiger partial charge < -0.3 is 9.64 Å². The average Bonchev–Trinajstić information content (AvgIpc) is 2.91. The fraction of sp³-hybridized carbons (Fsp3) is 0.385. The van der Waals surface area contributed by atoms with Crippen LogP contribution in [0.5, 0.6) is 5.75 Å². The molecule has 2 nitrogen and oxygen atoms in total. The highest BCUT2D eigenvalue weighted by Gasteiger charge is 2.37. The first-order valence-electron chi connectivity index (χ1n) is 10.4. The first kappa shape index (κ1) is 21.8. The third-order valence-corrected chi connectivity index (χ3v) is 5.20. The van der Waals surface area contributed by atoms with Crippen molar-refractivity contribution >= 4 is 5.69 Å². The largest absolute Gasteiger partial charge is 0.458 e. The van der Waals surface area contributed by atoms with Gasteiger partial charge in [0.25, 0.3) is 0 Å². The van der Waals surface area contributed by atoms with E-state index >= 15 is 0 Å². The molecule has 2 aromatic carbocycles. The van der Waals surface area contributed by atoms with Gasteiger partial charge in [-0.2, -0.15) is 0 Å². The minimum Gasteiger partial charge on any atom is -0.458 e. The molecule has 2 aliphatic rings. The van der Waals surface area contributed by atoms with Crippen LogP contribution >= 0.6 is 0 Å². The van der Waals surface area contributed by atoms with E-state index in [4.69, 9.17) is 4.74 Å². The van der Waals surface area contributed by atoms with Gasteiger partial charge in [-0.3, -0.25) is 0 Å². The van der Waals surface area contributed by atoms with E-state index in [1.54, 1.807) is 0 Å². The number of ether oxygens (including phenoxy) is 1. The molecule has 2 heteroatoms. The molecule has 1 heterocycles. The molecule has 0 N–H and O–H groups in total. The quantitative estimate of drug-likeness (QED) is 0.505. The highest BCUT2D eigenvalue weighted by atomic mass is 16.5. The number of hydrogen-bond acceptors (Lipinski definition) is 2. The Bertz CT molecular complexity index is 889. The van der Waals surface area contributed by atoms with Gasteiger partial charge in [-0.25, -0.2) is 0 Å². The van der Waals surface area contributed by atoms with Gasteiger partial charge >= 0.3 is 0 Å². The molecule has 0 bridgehead atoms. The minimum absolute atomic E-state index is 0.00629. The molecule has 0 aromatic heterocycles. The molecule has 0 amide bonds. The normalized spacial score (nSPS) is 15.1. The zero-order valence-corrected chi connectivity index (χ0v) is 18.8. The van der Waals surface area contributed by atoms with Gasteiger partial charge in [-0.15, -0.1) is 0 Å². The number of fused-ring (bicyclic) bond motifs is 4. The van der Waals surface area contributed by atoms with Gasteiger partial charge in [0.1, 0.15) is 5.76 Å². The Morgan fingerprint density at radius 2 is 1.64 bits per heavy atom. The summed E-state index contributed by atoms with van der Waals surface area (Å²) in [5.41, 5.74) is 7.47. The van der Waals surface area contributed by atoms with Crippen molar-refractivity contribution in [1.29, 1.82) is 0 Å². The average molecular weight is 378 g/mol. The molecular formula is C26H35NO. The van der Waals surface area contributed by atoms with Gasteiger partial charge in [0, 0.05) is 12.5 Å². The fourth-order valence-electron chi connectivity index (χ4n) is 3.92. The standard InChI is InChI=1S/C21H21NO.C3H8.C2H6/c1-6-18-13(2)23-20-11-15-14-9-7-8-10-16(14)21(3,4)17(15)12-19(20)22(18)5;1-3-2;1-2/h6-12H,1H2,2-5H3;3H2,1-2H3;1-2H3. The number of nitrogens with zero attached hydrogens (tertiary/aromatic N) is 1. The second-order valence-electron chi connectivity index (χ2n) is 7.55. The zero-order valence-electron chi connectivity index (χ0n) is 18.8. The highest BCUT2D eigenvalue weighted by Crippen LogP contribution is 2.52. The van der Waals surface area contributed by atoms with Crippen LogP contribution in [0.1, 0.15) is 66.0 Å². The molecular weight excluding hydrogens is 342 g/mol. The molecule has 0 atom stereocenters. The molecule has 150 valence electrons. The molecule has 4 rings (SSSR count). The van der Waals surface area contributed by atoms with Crippen LogP contribution in [0.2, 0.25) is 0 Å². The summed E-state index contributed by atoms with van der Waals surface area (Å²) >= 11 is 0. The number of hydrogen-bond donors (Lipinski definition) is 0. The summed E-state index contributed by atoms with van der Waals surface area (Å²) in [5, 5.41) is 0. The Balaban J connectivity index is 0.000000514. The van der Waals surface area contributed by atoms with E-state index in [2.05, 4.69) is 82.6 Å². The van der Waals surface area contributed by atoms with Crippen LogP contribution in [-0.4, -0.2) is 7.05 Å². The lowest BCUT2D eigenvalue weighted by Gasteiger charge is -2.31. The maximum Gasteiger partial charge on any atom is 0.151 e. The second-order valence-corrected chi connectivity index (χ2v) is 7.55. The maximum atomic E-state index is 6.08. The van der Waals surface area contributed by atoms with Crippen LogP contribution in [0.25, 0.3) is 11.1 Å². The van der Waals surface area contributed by atoms with Crippen LogP contribution in [0.3, 0.4) is 0 Å². The van der Waals surface area contributed by atoms with Gasteiger partial charge in [0.05, 0.1) is 11.4 Å². The topological polar surface area (TPSA) is 12.5 Å². The lowest BCUT2D eigenvalue weighted by Crippen LogP contribution is -2.24. The maximum absolute atomic E-state index is 6.08. The minimum atomic E-state index is 0.00629. The smallest absolute Gasteiger partial charge is 0.151 e. The van der Waals surface area contributed by atoms with Gasteiger partial charge in [-0.1, -0.05) is 78.8 Å². The Labute approximate surface area is 171 Å². The zero-order chi connectivity index (χ0) is 21.1. The van der Waals surface area contributed by atoms with Gasteiger partial charge in [0.2, 0.25) is 0 Å². The second kappa shape index (κ2) is 8.68. The summed E-state index contributed by atoms with van der Waals surface area (Å²) in [6.07, 6.45) is 3.10. The van der Waals surface area contributed by atoms with Crippen LogP contribution < -0.4 is 9.64 Å². The van der Waals surface area contributed by atoms with Crippen LogP contribution in [-0.2, 0) is 5.41 Å². The van der Waals surface area contributed by atoms with E-state index in [0.29, 0.717) is 0 Å². The highest BCUT2D eigenvalue weighted by molar-refractivity contribution is 5.85. The molecule has 0 spiro atoms. The Hall–Kier alpha value is -2.48. The third kappa shape index (κ3) is 3.48. The van der Waals surface area contributed by atoms with Crippen molar-refractivity contribution in [2.75, 3.05) is 11.9 Å². The van der Waals surface area contributed by atoms with E-state index in [-0.39, 0.29) is 5.41 Å². The Morgan fingerprint density at radius 1 is 1.04 bits per heavy atom. The molecule has 0 fully saturated rings. The van der Waals surface area contributed by atoms with Crippen LogP contribution in [0, 0.1) is 0 Å². The number of likely N-dealkylation sites (N-methyl/N-ethyl adjacent to an activating group) is 1. The Morgan fingerprint density at radius 3 is 2.25 bits per heavy atom. The van der Waals surface area contributed by atoms with Gasteiger partial charge in [-0.05, 0) is 47.4 Å². The first-order chi connectivity index (χ1) is 13.4. The summed E-state index contributed by atoms with van der Waals surface area (Å²) in [6.45, 7) is 18.7. The summed E-state index contributed by atoms with van der Waals surface area (Å²) < 4.78 is 6.08. The van der Waals surface area contributed by atoms with E-state index in [1.165, 1.54) is 28.7 Å². The van der Waals surface area contributed by atoms with E-state index in [9.17, 15) is 0 Å². The molecule has 0 saturated heterocycles. The molecule has 0 saturated carbocycles. The van der Waals surface area contributed by atoms with E-state index in [0.717, 1.165) is 22.9 Å². The molecule has 1 aliphatic carbocycles. The summed E-state index contributed by atoms with van der Waals surface area (Å²) in [7, 11) is 2.07. The lowest BCUT2D eigenvalue weighted by atomic mass is 9.82. The number of benzene rings is 2. The van der Waals surface area contributed by atoms with Crippen LogP contribution in [0.15, 0.2) is 60.5 Å². The van der Waals surface area contributed by atoms with Crippen molar-refractivity contribution in [1.82, 2.24) is 0 Å². The lowest BCUT2D eigenvalue weighted by molar-refractivity contribution is 0.412. The first-order valence-corrected chi connectivity index (χ1v) is 10.4. The van der Waals surface area contributed by atoms with Gasteiger partial charge in [0.15, 0.2) is 5.75 Å². The molecule has 2 aromatic rings. The summed E-state index contributed by atoms with van der Waals surface area (Å²) in [6, 6.07) is 13.1. The van der Waals surface area contributed by atoms with Crippen molar-refractivity contribution < 1.29 is 4.74 Å². The van der Waals surface area contributed by atoms with Crippen molar-refractivity contribution in [3.63, 3.8) is 0 Å². The molecule has 0 radical (unpaired) electrons. The predicted molar refractivity (Wildman–Crippen MR) is 123 cm³/mol.